The van der Waals surface area contributed by atoms with Gasteiger partial charge < -0.3 is 4.57 Å². The third kappa shape index (κ3) is 3.47. The number of rotatable bonds is 4. The molecule has 1 fully saturated rings. The third-order valence-electron chi connectivity index (χ3n) is 3.82. The Kier molecular flexibility index (Phi) is 4.03. The number of hydrogen-bond donors (Lipinski definition) is 0. The van der Waals surface area contributed by atoms with Crippen molar-refractivity contribution in [1.29, 1.82) is 0 Å². The van der Waals surface area contributed by atoms with Crippen molar-refractivity contribution in [2.75, 3.05) is 0 Å². The fraction of sp³-hybridized carbons (Fsp3) is 0.538. The number of halogens is 1. The van der Waals surface area contributed by atoms with Crippen LogP contribution in [-0.2, 0) is 15.6 Å². The largest absolute Gasteiger partial charge is 0.330 e. The quantitative estimate of drug-likeness (QED) is 0.809. The second kappa shape index (κ2) is 5.81. The lowest BCUT2D eigenvalue weighted by Gasteiger charge is -2.21. The molecular formula is C13H17ClN4O2S. The molecule has 0 atom stereocenters. The average Bonchev–Trinajstić information content (AvgIpc) is 3.09. The highest BCUT2D eigenvalue weighted by molar-refractivity contribution is 8.13. The fourth-order valence-corrected chi connectivity index (χ4v) is 3.42. The second-order valence-electron chi connectivity index (χ2n) is 5.40. The molecule has 21 heavy (non-hydrogen) atoms. The average molecular weight is 329 g/mol. The van der Waals surface area contributed by atoms with Crippen LogP contribution in [0, 0.1) is 0 Å². The summed E-state index contributed by atoms with van der Waals surface area (Å²) in [7, 11) is 1.49. The van der Waals surface area contributed by atoms with Gasteiger partial charge in [-0.05, 0) is 18.9 Å². The SMILES string of the molecule is O=S(=O)(Cl)c1cn(Cc2ccn(C3CCCCC3)n2)cn1. The maximum Gasteiger partial charge on any atom is 0.280 e. The lowest BCUT2D eigenvalue weighted by molar-refractivity contribution is 0.328. The standard InChI is InChI=1S/C13H17ClN4O2S/c14-21(19,20)13-9-17(10-15-13)8-11-6-7-18(16-11)12-4-2-1-3-5-12/h6-7,9-10,12H,1-5,8H2. The van der Waals surface area contributed by atoms with Gasteiger partial charge in [0.25, 0.3) is 9.05 Å². The van der Waals surface area contributed by atoms with Crippen LogP contribution in [0.2, 0.25) is 0 Å². The first-order chi connectivity index (χ1) is 10.0. The van der Waals surface area contributed by atoms with Gasteiger partial charge in [0.1, 0.15) is 0 Å². The zero-order valence-electron chi connectivity index (χ0n) is 11.5. The molecule has 3 rings (SSSR count). The zero-order chi connectivity index (χ0) is 14.9. The summed E-state index contributed by atoms with van der Waals surface area (Å²) in [5.74, 6) is 0. The number of hydrogen-bond acceptors (Lipinski definition) is 4. The van der Waals surface area contributed by atoms with Crippen molar-refractivity contribution in [2.45, 2.75) is 49.7 Å². The van der Waals surface area contributed by atoms with E-state index in [1.807, 2.05) is 16.9 Å². The molecule has 8 heteroatoms. The van der Waals surface area contributed by atoms with Gasteiger partial charge in [-0.1, -0.05) is 19.3 Å². The van der Waals surface area contributed by atoms with Crippen molar-refractivity contribution in [3.8, 4) is 0 Å². The van der Waals surface area contributed by atoms with Crippen LogP contribution in [0.5, 0.6) is 0 Å². The van der Waals surface area contributed by atoms with E-state index in [0.717, 1.165) is 5.69 Å². The molecule has 2 heterocycles. The molecule has 1 aliphatic carbocycles. The molecule has 0 saturated heterocycles. The first kappa shape index (κ1) is 14.6. The summed E-state index contributed by atoms with van der Waals surface area (Å²) in [5, 5.41) is 4.46. The van der Waals surface area contributed by atoms with Crippen LogP contribution in [0.15, 0.2) is 29.8 Å². The van der Waals surface area contributed by atoms with E-state index in [2.05, 4.69) is 10.1 Å². The summed E-state index contributed by atoms with van der Waals surface area (Å²) in [6.45, 7) is 0.485. The van der Waals surface area contributed by atoms with E-state index < -0.39 is 9.05 Å². The lowest BCUT2D eigenvalue weighted by atomic mass is 9.96. The Bertz CT molecular complexity index is 716. The van der Waals surface area contributed by atoms with Gasteiger partial charge in [-0.3, -0.25) is 4.68 Å². The van der Waals surface area contributed by atoms with Crippen LogP contribution in [-0.4, -0.2) is 27.7 Å². The van der Waals surface area contributed by atoms with Gasteiger partial charge in [-0.15, -0.1) is 0 Å². The topological polar surface area (TPSA) is 69.8 Å². The third-order valence-corrected chi connectivity index (χ3v) is 5.00. The maximum atomic E-state index is 11.2. The summed E-state index contributed by atoms with van der Waals surface area (Å²) in [6.07, 6.45) is 11.1. The van der Waals surface area contributed by atoms with E-state index in [1.54, 1.807) is 4.57 Å². The van der Waals surface area contributed by atoms with Crippen molar-refractivity contribution in [3.63, 3.8) is 0 Å². The Morgan fingerprint density at radius 3 is 2.71 bits per heavy atom. The summed E-state index contributed by atoms with van der Waals surface area (Å²) in [5.41, 5.74) is 0.886. The van der Waals surface area contributed by atoms with Gasteiger partial charge in [-0.25, -0.2) is 13.4 Å². The normalized spacial score (nSPS) is 17.2. The molecular weight excluding hydrogens is 312 g/mol. The molecule has 0 aromatic carbocycles. The van der Waals surface area contributed by atoms with E-state index in [9.17, 15) is 8.42 Å². The van der Waals surface area contributed by atoms with E-state index in [0.29, 0.717) is 12.6 Å². The Hall–Kier alpha value is -1.34. The van der Waals surface area contributed by atoms with Gasteiger partial charge in [0.05, 0.1) is 24.6 Å². The number of imidazole rings is 1. The van der Waals surface area contributed by atoms with Crippen molar-refractivity contribution < 1.29 is 8.42 Å². The van der Waals surface area contributed by atoms with Crippen LogP contribution < -0.4 is 0 Å². The molecule has 0 unspecified atom stereocenters. The minimum atomic E-state index is -3.77. The molecule has 0 spiro atoms. The maximum absolute atomic E-state index is 11.2. The van der Waals surface area contributed by atoms with Gasteiger partial charge in [0, 0.05) is 23.1 Å². The molecule has 0 radical (unpaired) electrons. The van der Waals surface area contributed by atoms with E-state index in [1.165, 1.54) is 44.6 Å². The predicted molar refractivity (Wildman–Crippen MR) is 78.7 cm³/mol. The molecule has 6 nitrogen and oxygen atoms in total. The highest BCUT2D eigenvalue weighted by Crippen LogP contribution is 2.27. The Morgan fingerprint density at radius 2 is 2.05 bits per heavy atom. The van der Waals surface area contributed by atoms with Crippen LogP contribution in [0.25, 0.3) is 0 Å². The number of aromatic nitrogens is 4. The highest BCUT2D eigenvalue weighted by atomic mass is 35.7. The van der Waals surface area contributed by atoms with Crippen molar-refractivity contribution in [2.24, 2.45) is 0 Å². The Morgan fingerprint density at radius 1 is 1.29 bits per heavy atom. The summed E-state index contributed by atoms with van der Waals surface area (Å²) < 4.78 is 26.1. The second-order valence-corrected chi connectivity index (χ2v) is 7.91. The van der Waals surface area contributed by atoms with E-state index >= 15 is 0 Å². The molecule has 0 amide bonds. The summed E-state index contributed by atoms with van der Waals surface area (Å²) in [6, 6.07) is 2.46. The number of nitrogens with zero attached hydrogens (tertiary/aromatic N) is 4. The Labute approximate surface area is 128 Å². The first-order valence-corrected chi connectivity index (χ1v) is 9.34. The molecule has 0 N–H and O–H groups in total. The molecule has 114 valence electrons. The van der Waals surface area contributed by atoms with Crippen molar-refractivity contribution >= 4 is 19.7 Å². The van der Waals surface area contributed by atoms with Crippen molar-refractivity contribution in [3.05, 3.63) is 30.5 Å². The zero-order valence-corrected chi connectivity index (χ0v) is 13.1. The molecule has 2 aromatic rings. The van der Waals surface area contributed by atoms with Gasteiger partial charge >= 0.3 is 0 Å². The molecule has 2 aromatic heterocycles. The summed E-state index contributed by atoms with van der Waals surface area (Å²) in [4.78, 5) is 3.79. The van der Waals surface area contributed by atoms with Crippen LogP contribution >= 0.6 is 10.7 Å². The predicted octanol–water partition coefficient (Wildman–Crippen LogP) is 2.56. The van der Waals surface area contributed by atoms with Gasteiger partial charge in [-0.2, -0.15) is 5.10 Å². The highest BCUT2D eigenvalue weighted by Gasteiger charge is 2.17. The van der Waals surface area contributed by atoms with Crippen molar-refractivity contribution in [1.82, 2.24) is 19.3 Å². The fourth-order valence-electron chi connectivity index (χ4n) is 2.75. The minimum absolute atomic E-state index is 0.129. The van der Waals surface area contributed by atoms with Gasteiger partial charge in [0.2, 0.25) is 0 Å². The van der Waals surface area contributed by atoms with Crippen LogP contribution in [0.4, 0.5) is 0 Å². The molecule has 0 bridgehead atoms. The van der Waals surface area contributed by atoms with Gasteiger partial charge in [0.15, 0.2) is 5.03 Å². The monoisotopic (exact) mass is 328 g/mol. The smallest absolute Gasteiger partial charge is 0.280 e. The summed E-state index contributed by atoms with van der Waals surface area (Å²) >= 11 is 0. The first-order valence-electron chi connectivity index (χ1n) is 7.03. The molecule has 1 saturated carbocycles. The Balaban J connectivity index is 1.71. The van der Waals surface area contributed by atoms with E-state index in [4.69, 9.17) is 10.7 Å². The minimum Gasteiger partial charge on any atom is -0.330 e. The lowest BCUT2D eigenvalue weighted by Crippen LogP contribution is -2.13. The molecule has 1 aliphatic rings. The molecule has 0 aliphatic heterocycles. The van der Waals surface area contributed by atoms with E-state index in [-0.39, 0.29) is 5.03 Å². The van der Waals surface area contributed by atoms with Crippen LogP contribution in [0.1, 0.15) is 43.8 Å². The van der Waals surface area contributed by atoms with Crippen LogP contribution in [0.3, 0.4) is 0 Å².